The van der Waals surface area contributed by atoms with Gasteiger partial charge in [0, 0.05) is 18.7 Å². The molecule has 0 amide bonds. The maximum atomic E-state index is 9.24. The fraction of sp³-hybridized carbons (Fsp3) is 0.846. The molecule has 2 heteroatoms. The first-order chi connectivity index (χ1) is 7.19. The van der Waals surface area contributed by atoms with E-state index in [2.05, 4.69) is 25.7 Å². The van der Waals surface area contributed by atoms with Crippen molar-refractivity contribution < 1.29 is 5.11 Å². The summed E-state index contributed by atoms with van der Waals surface area (Å²) >= 11 is 0. The van der Waals surface area contributed by atoms with Gasteiger partial charge in [-0.25, -0.2) is 0 Å². The van der Waals surface area contributed by atoms with Crippen molar-refractivity contribution in [2.75, 3.05) is 6.61 Å². The third-order valence-corrected chi connectivity index (χ3v) is 3.76. The number of hydrogen-bond acceptors (Lipinski definition) is 2. The number of allylic oxidation sites excluding steroid dienone is 1. The van der Waals surface area contributed by atoms with Crippen LogP contribution in [-0.4, -0.2) is 23.8 Å². The van der Waals surface area contributed by atoms with Crippen molar-refractivity contribution in [2.24, 2.45) is 11.8 Å². The molecule has 88 valence electrons. The van der Waals surface area contributed by atoms with Crippen molar-refractivity contribution in [3.8, 4) is 0 Å². The van der Waals surface area contributed by atoms with E-state index in [1.54, 1.807) is 0 Å². The highest BCUT2D eigenvalue weighted by atomic mass is 16.3. The topological polar surface area (TPSA) is 32.3 Å². The average molecular weight is 211 g/mol. The molecule has 0 aromatic heterocycles. The Morgan fingerprint density at radius 1 is 1.47 bits per heavy atom. The van der Waals surface area contributed by atoms with Gasteiger partial charge in [0.1, 0.15) is 0 Å². The monoisotopic (exact) mass is 211 g/mol. The van der Waals surface area contributed by atoms with Gasteiger partial charge in [0.15, 0.2) is 0 Å². The van der Waals surface area contributed by atoms with E-state index in [4.69, 9.17) is 0 Å². The van der Waals surface area contributed by atoms with Crippen LogP contribution < -0.4 is 5.32 Å². The predicted octanol–water partition coefficient (Wildman–Crippen LogP) is 2.34. The van der Waals surface area contributed by atoms with E-state index < -0.39 is 0 Å². The van der Waals surface area contributed by atoms with Gasteiger partial charge < -0.3 is 10.4 Å². The van der Waals surface area contributed by atoms with Crippen molar-refractivity contribution in [2.45, 2.75) is 51.6 Å². The summed E-state index contributed by atoms with van der Waals surface area (Å²) < 4.78 is 0. The molecule has 15 heavy (non-hydrogen) atoms. The molecule has 1 rings (SSSR count). The molecule has 2 N–H and O–H groups in total. The highest BCUT2D eigenvalue weighted by molar-refractivity contribution is 4.86. The summed E-state index contributed by atoms with van der Waals surface area (Å²) in [5.74, 6) is 1.10. The van der Waals surface area contributed by atoms with Crippen LogP contribution in [0.25, 0.3) is 0 Å². The van der Waals surface area contributed by atoms with Crippen molar-refractivity contribution in [3.63, 3.8) is 0 Å². The number of nitrogens with one attached hydrogen (secondary N) is 1. The van der Waals surface area contributed by atoms with Gasteiger partial charge in [-0.3, -0.25) is 0 Å². The minimum atomic E-state index is 0.334. The second kappa shape index (κ2) is 6.29. The number of hydrogen-bond donors (Lipinski definition) is 2. The molecule has 1 aliphatic carbocycles. The van der Waals surface area contributed by atoms with E-state index in [1.165, 1.54) is 19.3 Å². The van der Waals surface area contributed by atoms with Crippen LogP contribution in [0.2, 0.25) is 0 Å². The molecule has 1 aliphatic rings. The Kier molecular flexibility index (Phi) is 5.34. The lowest BCUT2D eigenvalue weighted by Gasteiger charge is -2.27. The zero-order valence-electron chi connectivity index (χ0n) is 10.1. The van der Waals surface area contributed by atoms with E-state index in [1.807, 2.05) is 6.08 Å². The molecule has 1 saturated carbocycles. The first-order valence-corrected chi connectivity index (χ1v) is 6.16. The van der Waals surface area contributed by atoms with Gasteiger partial charge in [-0.05, 0) is 38.0 Å². The largest absolute Gasteiger partial charge is 0.396 e. The smallest absolute Gasteiger partial charge is 0.0474 e. The van der Waals surface area contributed by atoms with Gasteiger partial charge in [-0.15, -0.1) is 6.58 Å². The summed E-state index contributed by atoms with van der Waals surface area (Å²) in [6, 6.07) is 1.04. The van der Waals surface area contributed by atoms with E-state index in [0.29, 0.717) is 30.5 Å². The summed E-state index contributed by atoms with van der Waals surface area (Å²) in [7, 11) is 0. The van der Waals surface area contributed by atoms with Gasteiger partial charge in [0.05, 0.1) is 0 Å². The predicted molar refractivity (Wildman–Crippen MR) is 64.8 cm³/mol. The summed E-state index contributed by atoms with van der Waals surface area (Å²) in [5, 5.41) is 12.9. The molecule has 0 aromatic carbocycles. The molecule has 0 saturated heterocycles. The number of rotatable bonds is 6. The molecular formula is C13H25NO. The summed E-state index contributed by atoms with van der Waals surface area (Å²) in [4.78, 5) is 0. The lowest BCUT2D eigenvalue weighted by molar-refractivity contribution is 0.194. The van der Waals surface area contributed by atoms with Crippen molar-refractivity contribution in [1.29, 1.82) is 0 Å². The Hall–Kier alpha value is -0.340. The van der Waals surface area contributed by atoms with Gasteiger partial charge >= 0.3 is 0 Å². The molecule has 0 radical (unpaired) electrons. The second-order valence-corrected chi connectivity index (χ2v) is 4.94. The third-order valence-electron chi connectivity index (χ3n) is 3.76. The van der Waals surface area contributed by atoms with Crippen LogP contribution in [0.3, 0.4) is 0 Å². The summed E-state index contributed by atoms with van der Waals surface area (Å²) in [5.41, 5.74) is 0. The Balaban J connectivity index is 2.36. The van der Waals surface area contributed by atoms with E-state index in [-0.39, 0.29) is 0 Å². The van der Waals surface area contributed by atoms with E-state index in [9.17, 15) is 5.11 Å². The quantitative estimate of drug-likeness (QED) is 0.661. The molecule has 4 atom stereocenters. The molecule has 1 fully saturated rings. The van der Waals surface area contributed by atoms with Crippen LogP contribution in [-0.2, 0) is 0 Å². The fourth-order valence-corrected chi connectivity index (χ4v) is 2.44. The Morgan fingerprint density at radius 2 is 2.20 bits per heavy atom. The highest BCUT2D eigenvalue weighted by Gasteiger charge is 2.28. The van der Waals surface area contributed by atoms with Crippen LogP contribution in [0.1, 0.15) is 39.5 Å². The van der Waals surface area contributed by atoms with Crippen LogP contribution in [0.4, 0.5) is 0 Å². The first-order valence-electron chi connectivity index (χ1n) is 6.16. The van der Waals surface area contributed by atoms with Crippen LogP contribution in [0.5, 0.6) is 0 Å². The van der Waals surface area contributed by atoms with Crippen LogP contribution in [0, 0.1) is 11.8 Å². The average Bonchev–Trinajstić information content (AvgIpc) is 2.65. The molecule has 0 spiro atoms. The zero-order valence-corrected chi connectivity index (χ0v) is 10.1. The normalized spacial score (nSPS) is 30.1. The van der Waals surface area contributed by atoms with Crippen molar-refractivity contribution in [1.82, 2.24) is 5.32 Å². The van der Waals surface area contributed by atoms with Gasteiger partial charge in [0.25, 0.3) is 0 Å². The molecule has 4 unspecified atom stereocenters. The lowest BCUT2D eigenvalue weighted by atomic mass is 9.97. The third kappa shape index (κ3) is 3.62. The molecule has 0 heterocycles. The minimum Gasteiger partial charge on any atom is -0.396 e. The van der Waals surface area contributed by atoms with Gasteiger partial charge in [0.2, 0.25) is 0 Å². The van der Waals surface area contributed by atoms with Gasteiger partial charge in [-0.2, -0.15) is 0 Å². The molecule has 0 aromatic rings. The number of aliphatic hydroxyl groups excluding tert-OH is 1. The SMILES string of the molecule is C=CCC(C)C(C)NC1CCCC1CO. The zero-order chi connectivity index (χ0) is 11.3. The van der Waals surface area contributed by atoms with Crippen LogP contribution >= 0.6 is 0 Å². The van der Waals surface area contributed by atoms with Gasteiger partial charge in [-0.1, -0.05) is 19.4 Å². The Morgan fingerprint density at radius 3 is 2.80 bits per heavy atom. The highest BCUT2D eigenvalue weighted by Crippen LogP contribution is 2.26. The molecule has 2 nitrogen and oxygen atoms in total. The Labute approximate surface area is 93.8 Å². The lowest BCUT2D eigenvalue weighted by Crippen LogP contribution is -2.42. The van der Waals surface area contributed by atoms with E-state index in [0.717, 1.165) is 6.42 Å². The maximum absolute atomic E-state index is 9.24. The fourth-order valence-electron chi connectivity index (χ4n) is 2.44. The maximum Gasteiger partial charge on any atom is 0.0474 e. The van der Waals surface area contributed by atoms with Crippen LogP contribution in [0.15, 0.2) is 12.7 Å². The first kappa shape index (κ1) is 12.7. The van der Waals surface area contributed by atoms with E-state index >= 15 is 0 Å². The molecule has 0 aliphatic heterocycles. The second-order valence-electron chi connectivity index (χ2n) is 4.94. The molecule has 0 bridgehead atoms. The van der Waals surface area contributed by atoms with Crippen molar-refractivity contribution >= 4 is 0 Å². The van der Waals surface area contributed by atoms with Crippen molar-refractivity contribution in [3.05, 3.63) is 12.7 Å². The molecular weight excluding hydrogens is 186 g/mol. The minimum absolute atomic E-state index is 0.334. The summed E-state index contributed by atoms with van der Waals surface area (Å²) in [6.07, 6.45) is 6.70. The Bertz CT molecular complexity index is 193. The summed E-state index contributed by atoms with van der Waals surface area (Å²) in [6.45, 7) is 8.60. The number of aliphatic hydroxyl groups is 1. The standard InChI is InChI=1S/C13H25NO/c1-4-6-10(2)11(3)14-13-8-5-7-12(13)9-15/h4,10-15H,1,5-9H2,2-3H3.